The summed E-state index contributed by atoms with van der Waals surface area (Å²) in [4.78, 5) is 4.31. The molecule has 2 aromatic carbocycles. The van der Waals surface area contributed by atoms with E-state index in [0.717, 1.165) is 16.8 Å². The fraction of sp³-hybridized carbons (Fsp3) is 0.0625. The van der Waals surface area contributed by atoms with Gasteiger partial charge in [-0.1, -0.05) is 23.6 Å². The van der Waals surface area contributed by atoms with Crippen LogP contribution in [0.25, 0.3) is 0 Å². The van der Waals surface area contributed by atoms with Gasteiger partial charge in [0.05, 0.1) is 5.69 Å². The molecule has 1 N–H and O–H groups in total. The van der Waals surface area contributed by atoms with Crippen molar-refractivity contribution in [2.75, 3.05) is 0 Å². The van der Waals surface area contributed by atoms with E-state index in [2.05, 4.69) is 10.9 Å². The van der Waals surface area contributed by atoms with Crippen molar-refractivity contribution >= 4 is 11.9 Å². The molecule has 0 saturated heterocycles. The summed E-state index contributed by atoms with van der Waals surface area (Å²) in [7, 11) is 0. The summed E-state index contributed by atoms with van der Waals surface area (Å²) in [5, 5.41) is 9.69. The second-order valence-electron chi connectivity index (χ2n) is 4.02. The predicted octanol–water partition coefficient (Wildman–Crippen LogP) is 3.43. The second kappa shape index (κ2) is 5.20. The van der Waals surface area contributed by atoms with Crippen LogP contribution in [0, 0.1) is 19.3 Å². The normalized spacial score (nSPS) is 10.4. The van der Waals surface area contributed by atoms with Gasteiger partial charge in [0, 0.05) is 17.3 Å². The maximum atomic E-state index is 9.69. The number of hydrogen-bond acceptors (Lipinski definition) is 2. The average Bonchev–Trinajstić information content (AvgIpc) is 2.40. The molecule has 2 nitrogen and oxygen atoms in total. The van der Waals surface area contributed by atoms with Crippen molar-refractivity contribution in [1.29, 1.82) is 0 Å². The Bertz CT molecular complexity index is 636. The largest absolute Gasteiger partial charge is 0.507 e. The number of benzene rings is 2. The lowest BCUT2D eigenvalue weighted by Crippen LogP contribution is -1.84. The van der Waals surface area contributed by atoms with Crippen molar-refractivity contribution in [2.45, 2.75) is 6.92 Å². The van der Waals surface area contributed by atoms with Gasteiger partial charge in [0.2, 0.25) is 0 Å². The van der Waals surface area contributed by atoms with Crippen molar-refractivity contribution < 1.29 is 5.11 Å². The third-order valence-electron chi connectivity index (χ3n) is 2.55. The lowest BCUT2D eigenvalue weighted by atomic mass is 10.1. The van der Waals surface area contributed by atoms with Crippen LogP contribution in [0.5, 0.6) is 5.75 Å². The Morgan fingerprint density at radius 3 is 2.83 bits per heavy atom. The minimum atomic E-state index is 0.220. The Balaban J connectivity index is 2.30. The highest BCUT2D eigenvalue weighted by Gasteiger charge is 1.98. The molecular weight excluding hydrogens is 222 g/mol. The molecule has 0 aliphatic carbocycles. The molecule has 88 valence electrons. The summed E-state index contributed by atoms with van der Waals surface area (Å²) < 4.78 is 0. The number of phenols is 1. The number of terminal acetylenes is 1. The van der Waals surface area contributed by atoms with E-state index in [0.29, 0.717) is 5.56 Å². The molecule has 0 unspecified atom stereocenters. The minimum Gasteiger partial charge on any atom is -0.507 e. The van der Waals surface area contributed by atoms with Crippen molar-refractivity contribution in [3.63, 3.8) is 0 Å². The van der Waals surface area contributed by atoms with Crippen LogP contribution in [0.15, 0.2) is 47.5 Å². The molecular formula is C16H13NO. The van der Waals surface area contributed by atoms with Crippen molar-refractivity contribution in [3.05, 3.63) is 59.2 Å². The molecule has 0 spiro atoms. The summed E-state index contributed by atoms with van der Waals surface area (Å²) in [5.74, 6) is 2.78. The molecule has 18 heavy (non-hydrogen) atoms. The Morgan fingerprint density at radius 1 is 1.22 bits per heavy atom. The lowest BCUT2D eigenvalue weighted by Gasteiger charge is -2.00. The standard InChI is InChI=1S/C16H13NO/c1-3-13-5-4-6-15(10-13)17-11-14-9-12(2)7-8-16(14)18/h1,4-11,18H,2H3/b17-11+. The fourth-order valence-electron chi connectivity index (χ4n) is 1.60. The van der Waals surface area contributed by atoms with Crippen LogP contribution >= 0.6 is 0 Å². The smallest absolute Gasteiger partial charge is 0.124 e. The monoisotopic (exact) mass is 235 g/mol. The highest BCUT2D eigenvalue weighted by molar-refractivity contribution is 5.85. The van der Waals surface area contributed by atoms with Crippen LogP contribution in [0.4, 0.5) is 5.69 Å². The number of nitrogens with zero attached hydrogens (tertiary/aromatic N) is 1. The lowest BCUT2D eigenvalue weighted by molar-refractivity contribution is 0.474. The Labute approximate surface area is 107 Å². The first-order chi connectivity index (χ1) is 8.69. The van der Waals surface area contributed by atoms with Crippen LogP contribution in [0.2, 0.25) is 0 Å². The molecule has 0 saturated carbocycles. The molecule has 0 atom stereocenters. The van der Waals surface area contributed by atoms with Crippen LogP contribution in [-0.2, 0) is 0 Å². The minimum absolute atomic E-state index is 0.220. The molecule has 0 aliphatic rings. The van der Waals surface area contributed by atoms with E-state index in [1.165, 1.54) is 0 Å². The van der Waals surface area contributed by atoms with Gasteiger partial charge in [-0.25, -0.2) is 0 Å². The molecule has 2 heteroatoms. The van der Waals surface area contributed by atoms with Gasteiger partial charge in [-0.2, -0.15) is 0 Å². The summed E-state index contributed by atoms with van der Waals surface area (Å²) in [6, 6.07) is 12.8. The first kappa shape index (κ1) is 11.9. The van der Waals surface area contributed by atoms with Gasteiger partial charge < -0.3 is 5.11 Å². The third kappa shape index (κ3) is 2.78. The Hall–Kier alpha value is -2.53. The third-order valence-corrected chi connectivity index (χ3v) is 2.55. The number of rotatable bonds is 2. The summed E-state index contributed by atoms with van der Waals surface area (Å²) in [6.45, 7) is 1.97. The molecule has 0 radical (unpaired) electrons. The van der Waals surface area contributed by atoms with Gasteiger partial charge in [-0.15, -0.1) is 6.42 Å². The average molecular weight is 235 g/mol. The number of aryl methyl sites for hydroxylation is 1. The molecule has 0 bridgehead atoms. The van der Waals surface area contributed by atoms with Crippen LogP contribution < -0.4 is 0 Å². The summed E-state index contributed by atoms with van der Waals surface area (Å²) in [5.41, 5.74) is 3.33. The van der Waals surface area contributed by atoms with Gasteiger partial charge in [0.15, 0.2) is 0 Å². The van der Waals surface area contributed by atoms with Crippen molar-refractivity contribution in [1.82, 2.24) is 0 Å². The molecule has 0 amide bonds. The molecule has 0 aromatic heterocycles. The van der Waals surface area contributed by atoms with E-state index in [1.807, 2.05) is 43.3 Å². The Morgan fingerprint density at radius 2 is 2.06 bits per heavy atom. The van der Waals surface area contributed by atoms with Gasteiger partial charge in [-0.3, -0.25) is 4.99 Å². The van der Waals surface area contributed by atoms with Crippen LogP contribution in [0.3, 0.4) is 0 Å². The number of hydrogen-bond donors (Lipinski definition) is 1. The second-order valence-corrected chi connectivity index (χ2v) is 4.02. The van der Waals surface area contributed by atoms with E-state index in [-0.39, 0.29) is 5.75 Å². The van der Waals surface area contributed by atoms with Gasteiger partial charge in [0.1, 0.15) is 5.75 Å². The van der Waals surface area contributed by atoms with Gasteiger partial charge in [0.25, 0.3) is 0 Å². The Kier molecular flexibility index (Phi) is 3.45. The van der Waals surface area contributed by atoms with Crippen molar-refractivity contribution in [3.8, 4) is 18.1 Å². The first-order valence-corrected chi connectivity index (χ1v) is 5.59. The molecule has 2 rings (SSSR count). The topological polar surface area (TPSA) is 32.6 Å². The molecule has 0 aliphatic heterocycles. The zero-order chi connectivity index (χ0) is 13.0. The van der Waals surface area contributed by atoms with Crippen molar-refractivity contribution in [2.24, 2.45) is 4.99 Å². The first-order valence-electron chi connectivity index (χ1n) is 5.59. The quantitative estimate of drug-likeness (QED) is 0.627. The zero-order valence-corrected chi connectivity index (χ0v) is 10.1. The van der Waals surface area contributed by atoms with E-state index in [1.54, 1.807) is 12.3 Å². The summed E-state index contributed by atoms with van der Waals surface area (Å²) in [6.07, 6.45) is 6.96. The maximum absolute atomic E-state index is 9.69. The number of aliphatic imine (C=N–C) groups is 1. The predicted molar refractivity (Wildman–Crippen MR) is 74.5 cm³/mol. The molecule has 2 aromatic rings. The van der Waals surface area contributed by atoms with Crippen LogP contribution in [-0.4, -0.2) is 11.3 Å². The SMILES string of the molecule is C#Cc1cccc(/N=C/c2cc(C)ccc2O)c1. The zero-order valence-electron chi connectivity index (χ0n) is 10.1. The number of aromatic hydroxyl groups is 1. The van der Waals surface area contributed by atoms with E-state index < -0.39 is 0 Å². The van der Waals surface area contributed by atoms with E-state index in [9.17, 15) is 5.11 Å². The number of phenolic OH excluding ortho intramolecular Hbond substituents is 1. The van der Waals surface area contributed by atoms with Crippen LogP contribution in [0.1, 0.15) is 16.7 Å². The highest BCUT2D eigenvalue weighted by Crippen LogP contribution is 2.18. The fourth-order valence-corrected chi connectivity index (χ4v) is 1.60. The van der Waals surface area contributed by atoms with Gasteiger partial charge in [-0.05, 0) is 37.3 Å². The van der Waals surface area contributed by atoms with E-state index >= 15 is 0 Å². The highest BCUT2D eigenvalue weighted by atomic mass is 16.3. The summed E-state index contributed by atoms with van der Waals surface area (Å²) >= 11 is 0. The van der Waals surface area contributed by atoms with E-state index in [4.69, 9.17) is 6.42 Å². The molecule has 0 heterocycles. The maximum Gasteiger partial charge on any atom is 0.124 e. The molecule has 0 fully saturated rings. The van der Waals surface area contributed by atoms with Gasteiger partial charge >= 0.3 is 0 Å².